The van der Waals surface area contributed by atoms with Crippen molar-refractivity contribution in [1.29, 1.82) is 0 Å². The van der Waals surface area contributed by atoms with Crippen LogP contribution >= 0.6 is 11.3 Å². The van der Waals surface area contributed by atoms with E-state index in [9.17, 15) is 4.79 Å². The molecule has 0 fully saturated rings. The zero-order valence-electron chi connectivity index (χ0n) is 10.6. The average molecular weight is 257 g/mol. The molecule has 0 atom stereocenters. The lowest BCUT2D eigenvalue weighted by Gasteiger charge is -2.03. The smallest absolute Gasteiger partial charge is 0.188 e. The van der Waals surface area contributed by atoms with Crippen LogP contribution in [0.1, 0.15) is 39.2 Å². The van der Waals surface area contributed by atoms with Crippen molar-refractivity contribution >= 4 is 17.1 Å². The molecule has 0 N–H and O–H groups in total. The van der Waals surface area contributed by atoms with Crippen LogP contribution < -0.4 is 0 Å². The van der Waals surface area contributed by atoms with Gasteiger partial charge in [-0.15, -0.1) is 11.3 Å². The zero-order chi connectivity index (χ0) is 12.7. The monoisotopic (exact) mass is 257 g/mol. The number of hydrogen-bond donors (Lipinski definition) is 0. The van der Waals surface area contributed by atoms with E-state index in [1.165, 1.54) is 41.7 Å². The second-order valence-electron chi connectivity index (χ2n) is 4.82. The van der Waals surface area contributed by atoms with Crippen molar-refractivity contribution in [1.82, 2.24) is 4.98 Å². The lowest BCUT2D eigenvalue weighted by Crippen LogP contribution is -1.91. The minimum absolute atomic E-state index is 0.0514. The van der Waals surface area contributed by atoms with Gasteiger partial charge in [0.15, 0.2) is 10.8 Å². The highest BCUT2D eigenvalue weighted by Crippen LogP contribution is 2.31. The van der Waals surface area contributed by atoms with Gasteiger partial charge >= 0.3 is 0 Å². The Morgan fingerprint density at radius 2 is 2.06 bits per heavy atom. The summed E-state index contributed by atoms with van der Waals surface area (Å²) in [5, 5.41) is 0.614. The molecule has 1 heterocycles. The molecule has 1 aromatic heterocycles. The van der Waals surface area contributed by atoms with Gasteiger partial charge in [0, 0.05) is 17.4 Å². The van der Waals surface area contributed by atoms with Gasteiger partial charge in [0.05, 0.1) is 5.69 Å². The van der Waals surface area contributed by atoms with E-state index in [1.807, 2.05) is 6.92 Å². The number of carbonyl (C=O) groups is 1. The molecule has 1 aliphatic carbocycles. The van der Waals surface area contributed by atoms with Crippen LogP contribution in [0.25, 0.3) is 11.3 Å². The molecule has 0 saturated carbocycles. The van der Waals surface area contributed by atoms with E-state index in [4.69, 9.17) is 0 Å². The van der Waals surface area contributed by atoms with E-state index in [1.54, 1.807) is 6.92 Å². The molecule has 0 saturated heterocycles. The maximum Gasteiger partial charge on any atom is 0.188 e. The summed E-state index contributed by atoms with van der Waals surface area (Å²) in [7, 11) is 0. The van der Waals surface area contributed by atoms with Crippen molar-refractivity contribution in [3.8, 4) is 11.3 Å². The second-order valence-corrected chi connectivity index (χ2v) is 6.02. The maximum absolute atomic E-state index is 11.4. The van der Waals surface area contributed by atoms with Gasteiger partial charge in [-0.05, 0) is 43.4 Å². The number of carbonyl (C=O) groups excluding carboxylic acids is 1. The fourth-order valence-corrected chi connectivity index (χ4v) is 3.36. The number of rotatable bonds is 2. The quantitative estimate of drug-likeness (QED) is 0.766. The predicted octanol–water partition coefficient (Wildman–Crippen LogP) is 3.81. The fraction of sp³-hybridized carbons (Fsp3) is 0.333. The molecule has 1 aromatic carbocycles. The Hall–Kier alpha value is -1.48. The summed E-state index contributed by atoms with van der Waals surface area (Å²) in [6, 6.07) is 6.59. The number of Topliss-reactive ketones (excluding diaryl/α,β-unsaturated/α-hetero) is 1. The standard InChI is InChI=1S/C15H15NOS/c1-9(17)15-16-14(10(2)18-15)13-7-6-11-4-3-5-12(11)8-13/h6-8H,3-5H2,1-2H3. The third-order valence-electron chi connectivity index (χ3n) is 3.47. The molecule has 0 amide bonds. The molecule has 0 spiro atoms. The Morgan fingerprint density at radius 1 is 1.28 bits per heavy atom. The maximum atomic E-state index is 11.4. The predicted molar refractivity (Wildman–Crippen MR) is 74.3 cm³/mol. The summed E-state index contributed by atoms with van der Waals surface area (Å²) in [5.74, 6) is 0.0514. The molecule has 0 aliphatic heterocycles. The number of ketones is 1. The van der Waals surface area contributed by atoms with Crippen molar-refractivity contribution in [2.24, 2.45) is 0 Å². The first-order valence-electron chi connectivity index (χ1n) is 6.25. The Bertz CT molecular complexity index is 627. The third-order valence-corrected chi connectivity index (χ3v) is 4.54. The van der Waals surface area contributed by atoms with E-state index in [0.717, 1.165) is 16.1 Å². The van der Waals surface area contributed by atoms with Gasteiger partial charge in [0.25, 0.3) is 0 Å². The lowest BCUT2D eigenvalue weighted by molar-refractivity contribution is 0.101. The van der Waals surface area contributed by atoms with E-state index < -0.39 is 0 Å². The molecule has 0 unspecified atom stereocenters. The molecule has 0 radical (unpaired) electrons. The summed E-state index contributed by atoms with van der Waals surface area (Å²) >= 11 is 1.49. The zero-order valence-corrected chi connectivity index (χ0v) is 11.4. The van der Waals surface area contributed by atoms with Gasteiger partial charge < -0.3 is 0 Å². The minimum Gasteiger partial charge on any atom is -0.292 e. The Labute approximate surface area is 111 Å². The van der Waals surface area contributed by atoms with Crippen LogP contribution in [0.3, 0.4) is 0 Å². The van der Waals surface area contributed by atoms with Crippen molar-refractivity contribution in [2.45, 2.75) is 33.1 Å². The molecular weight excluding hydrogens is 242 g/mol. The summed E-state index contributed by atoms with van der Waals surface area (Å²) < 4.78 is 0. The summed E-state index contributed by atoms with van der Waals surface area (Å²) in [6.07, 6.45) is 3.63. The van der Waals surface area contributed by atoms with Crippen molar-refractivity contribution < 1.29 is 4.79 Å². The molecule has 1 aliphatic rings. The van der Waals surface area contributed by atoms with Crippen LogP contribution in [0, 0.1) is 6.92 Å². The SMILES string of the molecule is CC(=O)c1nc(-c2ccc3c(c2)CCC3)c(C)s1. The topological polar surface area (TPSA) is 30.0 Å². The minimum atomic E-state index is 0.0514. The summed E-state index contributed by atoms with van der Waals surface area (Å²) in [4.78, 5) is 17.0. The Balaban J connectivity index is 2.07. The Kier molecular flexibility index (Phi) is 2.78. The number of nitrogens with zero attached hydrogens (tertiary/aromatic N) is 1. The highest BCUT2D eigenvalue weighted by Gasteiger charge is 2.16. The number of fused-ring (bicyclic) bond motifs is 1. The normalized spacial score (nSPS) is 13.7. The van der Waals surface area contributed by atoms with Crippen LogP contribution in [0.15, 0.2) is 18.2 Å². The molecular formula is C15H15NOS. The van der Waals surface area contributed by atoms with Gasteiger partial charge in [-0.25, -0.2) is 4.98 Å². The Morgan fingerprint density at radius 3 is 2.78 bits per heavy atom. The summed E-state index contributed by atoms with van der Waals surface area (Å²) in [5.41, 5.74) is 5.04. The van der Waals surface area contributed by atoms with Crippen LogP contribution in [0.4, 0.5) is 0 Å². The first-order chi connectivity index (χ1) is 8.65. The number of hydrogen-bond acceptors (Lipinski definition) is 3. The molecule has 92 valence electrons. The van der Waals surface area contributed by atoms with Crippen LogP contribution in [0.2, 0.25) is 0 Å². The molecule has 3 heteroatoms. The molecule has 18 heavy (non-hydrogen) atoms. The van der Waals surface area contributed by atoms with Gasteiger partial charge in [-0.1, -0.05) is 12.1 Å². The first-order valence-corrected chi connectivity index (χ1v) is 7.07. The lowest BCUT2D eigenvalue weighted by atomic mass is 10.0. The van der Waals surface area contributed by atoms with Crippen molar-refractivity contribution in [3.63, 3.8) is 0 Å². The fourth-order valence-electron chi connectivity index (χ4n) is 2.53. The largest absolute Gasteiger partial charge is 0.292 e. The number of aryl methyl sites for hydroxylation is 3. The van der Waals surface area contributed by atoms with E-state index in [-0.39, 0.29) is 5.78 Å². The van der Waals surface area contributed by atoms with Gasteiger partial charge in [-0.2, -0.15) is 0 Å². The van der Waals surface area contributed by atoms with Crippen molar-refractivity contribution in [3.05, 3.63) is 39.2 Å². The van der Waals surface area contributed by atoms with Gasteiger partial charge in [0.2, 0.25) is 0 Å². The third kappa shape index (κ3) is 1.89. The molecule has 3 rings (SSSR count). The number of thiazole rings is 1. The van der Waals surface area contributed by atoms with E-state index in [2.05, 4.69) is 23.2 Å². The summed E-state index contributed by atoms with van der Waals surface area (Å²) in [6.45, 7) is 3.61. The average Bonchev–Trinajstić information content (AvgIpc) is 2.93. The highest BCUT2D eigenvalue weighted by molar-refractivity contribution is 7.14. The highest BCUT2D eigenvalue weighted by atomic mass is 32.1. The number of benzene rings is 1. The molecule has 2 nitrogen and oxygen atoms in total. The molecule has 2 aromatic rings. The number of aromatic nitrogens is 1. The van der Waals surface area contributed by atoms with Crippen LogP contribution in [-0.4, -0.2) is 10.8 Å². The van der Waals surface area contributed by atoms with E-state index >= 15 is 0 Å². The van der Waals surface area contributed by atoms with Gasteiger partial charge in [0.1, 0.15) is 0 Å². The second kappa shape index (κ2) is 4.32. The van der Waals surface area contributed by atoms with Crippen LogP contribution in [0.5, 0.6) is 0 Å². The first kappa shape index (κ1) is 11.6. The van der Waals surface area contributed by atoms with E-state index in [0.29, 0.717) is 5.01 Å². The molecule has 0 bridgehead atoms. The van der Waals surface area contributed by atoms with Crippen molar-refractivity contribution in [2.75, 3.05) is 0 Å². The van der Waals surface area contributed by atoms with Gasteiger partial charge in [-0.3, -0.25) is 4.79 Å². The van der Waals surface area contributed by atoms with Crippen LogP contribution in [-0.2, 0) is 12.8 Å².